The van der Waals surface area contributed by atoms with Crippen molar-refractivity contribution in [3.8, 4) is 0 Å². The van der Waals surface area contributed by atoms with Crippen LogP contribution in [-0.2, 0) is 30.7 Å². The molecule has 1 aliphatic rings. The summed E-state index contributed by atoms with van der Waals surface area (Å²) in [5.41, 5.74) is 4.48. The molecular formula is C24H26N4O3S. The van der Waals surface area contributed by atoms with Gasteiger partial charge in [-0.2, -0.15) is 0 Å². The number of pyridine rings is 1. The van der Waals surface area contributed by atoms with E-state index < -0.39 is 0 Å². The van der Waals surface area contributed by atoms with Gasteiger partial charge in [-0.3, -0.25) is 14.6 Å². The highest BCUT2D eigenvalue weighted by Gasteiger charge is 2.26. The standard InChI is InChI=1S/C24H26N4O3S/c1-3-18-11-22(27-31-18)24(30)28-10-9-20-17(14-28)12-25-16(2)21(20)13-26-23(29)15-32-19-7-5-4-6-8-19/h4-8,11-12H,3,9-10,13-15H2,1-2H3,(H,26,29). The molecule has 0 saturated heterocycles. The summed E-state index contributed by atoms with van der Waals surface area (Å²) in [7, 11) is 0. The van der Waals surface area contributed by atoms with Crippen molar-refractivity contribution in [2.75, 3.05) is 12.3 Å². The third-order valence-corrected chi connectivity index (χ3v) is 6.60. The van der Waals surface area contributed by atoms with E-state index in [0.29, 0.717) is 49.7 Å². The molecule has 4 rings (SSSR count). The van der Waals surface area contributed by atoms with E-state index in [-0.39, 0.29) is 11.8 Å². The Balaban J connectivity index is 1.39. The Hall–Kier alpha value is -3.13. The Morgan fingerprint density at radius 3 is 2.81 bits per heavy atom. The number of nitrogens with zero attached hydrogens (tertiary/aromatic N) is 3. The summed E-state index contributed by atoms with van der Waals surface area (Å²) in [5, 5.41) is 6.93. The van der Waals surface area contributed by atoms with Gasteiger partial charge in [0.25, 0.3) is 5.91 Å². The van der Waals surface area contributed by atoms with Crippen LogP contribution in [0.4, 0.5) is 0 Å². The lowest BCUT2D eigenvalue weighted by atomic mass is 9.94. The number of aromatic nitrogens is 2. The van der Waals surface area contributed by atoms with E-state index in [0.717, 1.165) is 21.7 Å². The largest absolute Gasteiger partial charge is 0.361 e. The molecule has 8 heteroatoms. The molecule has 0 atom stereocenters. The zero-order chi connectivity index (χ0) is 22.5. The molecule has 32 heavy (non-hydrogen) atoms. The predicted molar refractivity (Wildman–Crippen MR) is 122 cm³/mol. The first-order valence-electron chi connectivity index (χ1n) is 10.7. The van der Waals surface area contributed by atoms with Gasteiger partial charge in [-0.15, -0.1) is 11.8 Å². The molecule has 1 N–H and O–H groups in total. The lowest BCUT2D eigenvalue weighted by Gasteiger charge is -2.30. The summed E-state index contributed by atoms with van der Waals surface area (Å²) < 4.78 is 5.18. The summed E-state index contributed by atoms with van der Waals surface area (Å²) in [5.74, 6) is 0.922. The number of carbonyl (C=O) groups is 2. The zero-order valence-corrected chi connectivity index (χ0v) is 19.1. The molecule has 0 radical (unpaired) electrons. The average molecular weight is 451 g/mol. The molecule has 0 unspecified atom stereocenters. The molecule has 0 aliphatic carbocycles. The van der Waals surface area contributed by atoms with Gasteiger partial charge in [-0.1, -0.05) is 30.3 Å². The van der Waals surface area contributed by atoms with E-state index in [1.165, 1.54) is 17.3 Å². The van der Waals surface area contributed by atoms with Gasteiger partial charge < -0.3 is 14.7 Å². The molecule has 0 saturated carbocycles. The van der Waals surface area contributed by atoms with Gasteiger partial charge in [-0.25, -0.2) is 0 Å². The van der Waals surface area contributed by atoms with Crippen molar-refractivity contribution >= 4 is 23.6 Å². The molecule has 0 bridgehead atoms. The van der Waals surface area contributed by atoms with Crippen molar-refractivity contribution in [3.05, 3.63) is 76.4 Å². The zero-order valence-electron chi connectivity index (χ0n) is 18.3. The van der Waals surface area contributed by atoms with E-state index in [9.17, 15) is 9.59 Å². The molecule has 7 nitrogen and oxygen atoms in total. The number of aryl methyl sites for hydroxylation is 2. The van der Waals surface area contributed by atoms with Gasteiger partial charge in [0.15, 0.2) is 5.69 Å². The monoisotopic (exact) mass is 450 g/mol. The maximum Gasteiger partial charge on any atom is 0.276 e. The average Bonchev–Trinajstić information content (AvgIpc) is 3.31. The summed E-state index contributed by atoms with van der Waals surface area (Å²) in [6.07, 6.45) is 3.25. The molecule has 3 aromatic rings. The van der Waals surface area contributed by atoms with Crippen LogP contribution in [0.25, 0.3) is 0 Å². The normalized spacial score (nSPS) is 13.0. The third-order valence-electron chi connectivity index (χ3n) is 5.58. The van der Waals surface area contributed by atoms with Crippen molar-refractivity contribution in [1.29, 1.82) is 0 Å². The fourth-order valence-electron chi connectivity index (χ4n) is 3.78. The van der Waals surface area contributed by atoms with E-state index in [2.05, 4.69) is 15.5 Å². The van der Waals surface area contributed by atoms with Crippen LogP contribution in [-0.4, -0.2) is 39.2 Å². The van der Waals surface area contributed by atoms with Crippen LogP contribution in [0.2, 0.25) is 0 Å². The van der Waals surface area contributed by atoms with Gasteiger partial charge in [0, 0.05) is 48.9 Å². The Labute approximate surface area is 191 Å². The smallest absolute Gasteiger partial charge is 0.276 e. The first-order valence-corrected chi connectivity index (χ1v) is 11.7. The highest BCUT2D eigenvalue weighted by Crippen LogP contribution is 2.25. The van der Waals surface area contributed by atoms with E-state index in [1.54, 1.807) is 11.0 Å². The number of fused-ring (bicyclic) bond motifs is 1. The second-order valence-corrected chi connectivity index (χ2v) is 8.76. The molecule has 1 aliphatic heterocycles. The number of benzene rings is 1. The Morgan fingerprint density at radius 1 is 1.25 bits per heavy atom. The lowest BCUT2D eigenvalue weighted by Crippen LogP contribution is -2.37. The van der Waals surface area contributed by atoms with Gasteiger partial charge in [0.05, 0.1) is 5.75 Å². The quantitative estimate of drug-likeness (QED) is 0.554. The first-order chi connectivity index (χ1) is 15.5. The van der Waals surface area contributed by atoms with Gasteiger partial charge in [0.2, 0.25) is 5.91 Å². The summed E-state index contributed by atoms with van der Waals surface area (Å²) in [6.45, 7) is 5.42. The van der Waals surface area contributed by atoms with Crippen LogP contribution in [0.5, 0.6) is 0 Å². The molecule has 2 amide bonds. The minimum Gasteiger partial charge on any atom is -0.361 e. The van der Waals surface area contributed by atoms with Crippen LogP contribution in [0.3, 0.4) is 0 Å². The number of hydrogen-bond donors (Lipinski definition) is 1. The van der Waals surface area contributed by atoms with Gasteiger partial charge in [0.1, 0.15) is 5.76 Å². The summed E-state index contributed by atoms with van der Waals surface area (Å²) in [4.78, 5) is 32.6. The molecule has 0 fully saturated rings. The number of rotatable bonds is 7. The van der Waals surface area contributed by atoms with Crippen molar-refractivity contribution < 1.29 is 14.1 Å². The van der Waals surface area contributed by atoms with Crippen LogP contribution < -0.4 is 5.32 Å². The number of nitrogens with one attached hydrogen (secondary N) is 1. The highest BCUT2D eigenvalue weighted by atomic mass is 32.2. The number of amides is 2. The number of hydrogen-bond acceptors (Lipinski definition) is 6. The Kier molecular flexibility index (Phi) is 6.90. The molecular weight excluding hydrogens is 424 g/mol. The summed E-state index contributed by atoms with van der Waals surface area (Å²) in [6, 6.07) is 11.6. The van der Waals surface area contributed by atoms with Crippen molar-refractivity contribution in [1.82, 2.24) is 20.4 Å². The lowest BCUT2D eigenvalue weighted by molar-refractivity contribution is -0.118. The summed E-state index contributed by atoms with van der Waals surface area (Å²) >= 11 is 1.52. The van der Waals surface area contributed by atoms with Crippen LogP contribution in [0.15, 0.2) is 52.0 Å². The number of carbonyl (C=O) groups excluding carboxylic acids is 2. The van der Waals surface area contributed by atoms with Gasteiger partial charge in [-0.05, 0) is 42.2 Å². The Morgan fingerprint density at radius 2 is 2.06 bits per heavy atom. The molecule has 0 spiro atoms. The minimum absolute atomic E-state index is 0.0127. The maximum atomic E-state index is 12.8. The van der Waals surface area contributed by atoms with Crippen molar-refractivity contribution in [2.24, 2.45) is 0 Å². The fraction of sp³-hybridized carbons (Fsp3) is 0.333. The van der Waals surface area contributed by atoms with Crippen molar-refractivity contribution in [2.45, 2.75) is 44.7 Å². The highest BCUT2D eigenvalue weighted by molar-refractivity contribution is 8.00. The first kappa shape index (κ1) is 22.1. The van der Waals surface area contributed by atoms with Gasteiger partial charge >= 0.3 is 0 Å². The van der Waals surface area contributed by atoms with E-state index >= 15 is 0 Å². The van der Waals surface area contributed by atoms with Crippen LogP contribution in [0, 0.1) is 6.92 Å². The van der Waals surface area contributed by atoms with Crippen molar-refractivity contribution in [3.63, 3.8) is 0 Å². The second-order valence-electron chi connectivity index (χ2n) is 7.71. The molecule has 1 aromatic carbocycles. The minimum atomic E-state index is -0.132. The predicted octanol–water partition coefficient (Wildman–Crippen LogP) is 3.55. The topological polar surface area (TPSA) is 88.3 Å². The molecule has 2 aromatic heterocycles. The van der Waals surface area contributed by atoms with E-state index in [4.69, 9.17) is 4.52 Å². The second kappa shape index (κ2) is 9.99. The maximum absolute atomic E-state index is 12.8. The van der Waals surface area contributed by atoms with Crippen LogP contribution in [0.1, 0.15) is 45.6 Å². The number of thioether (sulfide) groups is 1. The SMILES string of the molecule is CCc1cc(C(=O)N2CCc3c(cnc(C)c3CNC(=O)CSc3ccccc3)C2)no1. The molecule has 166 valence electrons. The van der Waals surface area contributed by atoms with E-state index in [1.807, 2.05) is 50.4 Å². The fourth-order valence-corrected chi connectivity index (χ4v) is 4.53. The molecule has 3 heterocycles. The third kappa shape index (κ3) is 5.02. The Bertz CT molecular complexity index is 1110. The van der Waals surface area contributed by atoms with Crippen LogP contribution >= 0.6 is 11.8 Å².